The summed E-state index contributed by atoms with van der Waals surface area (Å²) < 4.78 is 1.75. The van der Waals surface area contributed by atoms with Crippen LogP contribution in [0.4, 0.5) is 0 Å². The molecule has 0 spiro atoms. The van der Waals surface area contributed by atoms with Crippen LogP contribution in [0.1, 0.15) is 53.3 Å². The average Bonchev–Trinajstić information content (AvgIpc) is 2.79. The summed E-state index contributed by atoms with van der Waals surface area (Å²) in [6, 6.07) is 0.390. The summed E-state index contributed by atoms with van der Waals surface area (Å²) >= 11 is 0. The lowest BCUT2D eigenvalue weighted by Crippen LogP contribution is -2.42. The topological polar surface area (TPSA) is 67.1 Å². The van der Waals surface area contributed by atoms with Crippen LogP contribution in [0.3, 0.4) is 0 Å². The second kappa shape index (κ2) is 8.00. The van der Waals surface area contributed by atoms with E-state index >= 15 is 0 Å². The van der Waals surface area contributed by atoms with E-state index in [9.17, 15) is 0 Å². The smallest absolute Gasteiger partial charge is 0.191 e. The highest BCUT2D eigenvalue weighted by Gasteiger charge is 2.13. The van der Waals surface area contributed by atoms with Crippen LogP contribution in [-0.2, 0) is 13.6 Å². The Morgan fingerprint density at radius 3 is 2.67 bits per heavy atom. The molecule has 1 aromatic heterocycles. The first-order chi connectivity index (χ1) is 9.81. The van der Waals surface area contributed by atoms with E-state index in [2.05, 4.69) is 60.3 Å². The Hall–Kier alpha value is -1.59. The lowest BCUT2D eigenvalue weighted by Gasteiger charge is -2.23. The Kier molecular flexibility index (Phi) is 6.65. The highest BCUT2D eigenvalue weighted by atomic mass is 15.3. The molecular formula is C15H30N6. The van der Waals surface area contributed by atoms with Crippen LogP contribution in [0.25, 0.3) is 0 Å². The summed E-state index contributed by atoms with van der Waals surface area (Å²) in [6.07, 6.45) is 3.86. The fourth-order valence-corrected chi connectivity index (χ4v) is 1.89. The van der Waals surface area contributed by atoms with Gasteiger partial charge in [0.2, 0.25) is 0 Å². The van der Waals surface area contributed by atoms with E-state index in [0.29, 0.717) is 18.0 Å². The van der Waals surface area contributed by atoms with Gasteiger partial charge in [-0.1, -0.05) is 20.8 Å². The van der Waals surface area contributed by atoms with Crippen molar-refractivity contribution in [1.82, 2.24) is 25.4 Å². The second-order valence-corrected chi connectivity index (χ2v) is 6.64. The van der Waals surface area contributed by atoms with Crippen molar-refractivity contribution in [3.05, 3.63) is 12.2 Å². The zero-order valence-corrected chi connectivity index (χ0v) is 14.3. The monoisotopic (exact) mass is 294 g/mol. The zero-order valence-electron chi connectivity index (χ0n) is 14.3. The van der Waals surface area contributed by atoms with E-state index in [1.165, 1.54) is 6.42 Å². The van der Waals surface area contributed by atoms with Gasteiger partial charge < -0.3 is 10.6 Å². The van der Waals surface area contributed by atoms with Crippen molar-refractivity contribution in [2.45, 2.75) is 60.0 Å². The van der Waals surface area contributed by atoms with Crippen LogP contribution < -0.4 is 10.6 Å². The van der Waals surface area contributed by atoms with Gasteiger partial charge in [0.25, 0.3) is 0 Å². The van der Waals surface area contributed by atoms with E-state index in [4.69, 9.17) is 0 Å². The maximum Gasteiger partial charge on any atom is 0.191 e. The predicted octanol–water partition coefficient (Wildman–Crippen LogP) is 2.08. The molecule has 0 aliphatic rings. The molecule has 0 saturated carbocycles. The summed E-state index contributed by atoms with van der Waals surface area (Å²) in [6.45, 7) is 12.4. The van der Waals surface area contributed by atoms with Gasteiger partial charge in [-0.2, -0.15) is 5.10 Å². The van der Waals surface area contributed by atoms with E-state index < -0.39 is 0 Å². The Balaban J connectivity index is 2.54. The molecule has 1 atom stereocenters. The van der Waals surface area contributed by atoms with Gasteiger partial charge in [0.05, 0.1) is 0 Å². The van der Waals surface area contributed by atoms with Crippen molar-refractivity contribution in [2.24, 2.45) is 17.5 Å². The summed E-state index contributed by atoms with van der Waals surface area (Å²) in [5.41, 5.74) is 0.365. The number of aliphatic imine (C=N–C) groups is 1. The van der Waals surface area contributed by atoms with Gasteiger partial charge in [-0.3, -0.25) is 4.68 Å². The summed E-state index contributed by atoms with van der Waals surface area (Å²) in [4.78, 5) is 8.76. The lowest BCUT2D eigenvalue weighted by atomic mass is 9.89. The van der Waals surface area contributed by atoms with Crippen LogP contribution in [0.2, 0.25) is 0 Å². The molecule has 120 valence electrons. The molecule has 1 unspecified atom stereocenters. The van der Waals surface area contributed by atoms with Gasteiger partial charge in [-0.25, -0.2) is 9.98 Å². The highest BCUT2D eigenvalue weighted by Crippen LogP contribution is 2.21. The number of nitrogens with one attached hydrogen (secondary N) is 2. The quantitative estimate of drug-likeness (QED) is 0.623. The Morgan fingerprint density at radius 2 is 2.14 bits per heavy atom. The van der Waals surface area contributed by atoms with Gasteiger partial charge in [0.15, 0.2) is 5.96 Å². The first-order valence-electron chi connectivity index (χ1n) is 7.69. The van der Waals surface area contributed by atoms with E-state index in [1.807, 2.05) is 7.05 Å². The maximum atomic E-state index is 4.57. The number of aryl methyl sites for hydroxylation is 1. The molecule has 2 N–H and O–H groups in total. The summed E-state index contributed by atoms with van der Waals surface area (Å²) in [5, 5.41) is 10.8. The Morgan fingerprint density at radius 1 is 1.43 bits per heavy atom. The Bertz CT molecular complexity index is 443. The molecule has 6 nitrogen and oxygen atoms in total. The van der Waals surface area contributed by atoms with Gasteiger partial charge in [-0.15, -0.1) is 0 Å². The first-order valence-corrected chi connectivity index (χ1v) is 7.69. The first kappa shape index (κ1) is 17.5. The van der Waals surface area contributed by atoms with Crippen molar-refractivity contribution in [2.75, 3.05) is 6.54 Å². The normalized spacial score (nSPS) is 14.1. The number of nitrogens with zero attached hydrogens (tertiary/aromatic N) is 4. The lowest BCUT2D eigenvalue weighted by molar-refractivity contribution is 0.346. The van der Waals surface area contributed by atoms with Crippen LogP contribution in [0.15, 0.2) is 11.3 Å². The van der Waals surface area contributed by atoms with E-state index in [0.717, 1.165) is 24.7 Å². The second-order valence-electron chi connectivity index (χ2n) is 6.64. The van der Waals surface area contributed by atoms with Crippen molar-refractivity contribution < 1.29 is 0 Å². The molecular weight excluding hydrogens is 264 g/mol. The molecule has 0 radical (unpaired) electrons. The largest absolute Gasteiger partial charge is 0.357 e. The molecule has 0 fully saturated rings. The van der Waals surface area contributed by atoms with Gasteiger partial charge in [-0.05, 0) is 32.1 Å². The molecule has 21 heavy (non-hydrogen) atoms. The summed E-state index contributed by atoms with van der Waals surface area (Å²) in [5.74, 6) is 1.69. The molecule has 0 saturated heterocycles. The third-order valence-electron chi connectivity index (χ3n) is 3.24. The minimum atomic E-state index is 0.365. The summed E-state index contributed by atoms with van der Waals surface area (Å²) in [7, 11) is 1.88. The molecule has 0 aromatic carbocycles. The molecule has 1 rings (SSSR count). The van der Waals surface area contributed by atoms with Crippen molar-refractivity contribution in [3.8, 4) is 0 Å². The SMILES string of the molecule is CCNC(=NCc1ncnn1C)NC(C)CCC(C)(C)C. The predicted molar refractivity (Wildman–Crippen MR) is 87.1 cm³/mol. The van der Waals surface area contributed by atoms with Crippen molar-refractivity contribution in [1.29, 1.82) is 0 Å². The minimum absolute atomic E-state index is 0.365. The highest BCUT2D eigenvalue weighted by molar-refractivity contribution is 5.79. The van der Waals surface area contributed by atoms with Crippen LogP contribution >= 0.6 is 0 Å². The molecule has 0 aliphatic heterocycles. The third-order valence-corrected chi connectivity index (χ3v) is 3.24. The molecule has 0 amide bonds. The van der Waals surface area contributed by atoms with Crippen LogP contribution in [0, 0.1) is 5.41 Å². The molecule has 0 bridgehead atoms. The standard InChI is InChI=1S/C15H30N6/c1-7-16-14(17-10-13-18-11-19-21(13)6)20-12(2)8-9-15(3,4)5/h11-12H,7-10H2,1-6H3,(H2,16,17,20). The average molecular weight is 294 g/mol. The molecule has 1 aromatic rings. The fourth-order valence-electron chi connectivity index (χ4n) is 1.89. The zero-order chi connectivity index (χ0) is 15.9. The number of rotatable bonds is 6. The molecule has 0 aliphatic carbocycles. The minimum Gasteiger partial charge on any atom is -0.357 e. The maximum absolute atomic E-state index is 4.57. The number of hydrogen-bond donors (Lipinski definition) is 2. The van der Waals surface area contributed by atoms with Crippen molar-refractivity contribution in [3.63, 3.8) is 0 Å². The molecule has 1 heterocycles. The van der Waals surface area contributed by atoms with Crippen LogP contribution in [-0.4, -0.2) is 33.3 Å². The van der Waals surface area contributed by atoms with E-state index in [-0.39, 0.29) is 0 Å². The van der Waals surface area contributed by atoms with Gasteiger partial charge in [0, 0.05) is 19.6 Å². The van der Waals surface area contributed by atoms with E-state index in [1.54, 1.807) is 11.0 Å². The number of hydrogen-bond acceptors (Lipinski definition) is 3. The number of aromatic nitrogens is 3. The van der Waals surface area contributed by atoms with Crippen LogP contribution in [0.5, 0.6) is 0 Å². The number of guanidine groups is 1. The Labute approximate surface area is 128 Å². The third kappa shape index (κ3) is 7.11. The van der Waals surface area contributed by atoms with Gasteiger partial charge >= 0.3 is 0 Å². The fraction of sp³-hybridized carbons (Fsp3) is 0.800. The van der Waals surface area contributed by atoms with Gasteiger partial charge in [0.1, 0.15) is 18.7 Å². The molecule has 6 heteroatoms. The van der Waals surface area contributed by atoms with Crippen molar-refractivity contribution >= 4 is 5.96 Å².